The first-order valence-corrected chi connectivity index (χ1v) is 12.8. The van der Waals surface area contributed by atoms with Crippen molar-refractivity contribution < 1.29 is 28.8 Å². The molecule has 4 rings (SSSR count). The molecule has 0 atom stereocenters. The van der Waals surface area contributed by atoms with E-state index in [0.29, 0.717) is 28.3 Å². The fraction of sp³-hybridized carbons (Fsp3) is 0.179. The normalized spacial score (nSPS) is 14.0. The van der Waals surface area contributed by atoms with E-state index in [2.05, 4.69) is 12.2 Å². The van der Waals surface area contributed by atoms with E-state index in [0.717, 1.165) is 23.1 Å². The minimum absolute atomic E-state index is 0.000905. The van der Waals surface area contributed by atoms with E-state index in [9.17, 15) is 24.5 Å². The van der Waals surface area contributed by atoms with Gasteiger partial charge in [0.05, 0.1) is 23.5 Å². The van der Waals surface area contributed by atoms with Gasteiger partial charge in [0.2, 0.25) is 0 Å². The Morgan fingerprint density at radius 1 is 1.03 bits per heavy atom. The smallest absolute Gasteiger partial charge is 0.293 e. The third-order valence-corrected chi connectivity index (χ3v) is 6.76. The molecule has 1 fully saturated rings. The zero-order valence-electron chi connectivity index (χ0n) is 21.2. The zero-order valence-corrected chi connectivity index (χ0v) is 22.0. The van der Waals surface area contributed by atoms with Crippen molar-refractivity contribution in [2.75, 3.05) is 19.0 Å². The minimum Gasteiger partial charge on any atom is -0.493 e. The molecule has 0 aliphatic carbocycles. The maximum Gasteiger partial charge on any atom is 0.293 e. The molecule has 11 heteroatoms. The van der Waals surface area contributed by atoms with Crippen LogP contribution in [-0.2, 0) is 22.6 Å². The molecule has 0 unspecified atom stereocenters. The molecule has 200 valence electrons. The second-order valence-corrected chi connectivity index (χ2v) is 9.48. The lowest BCUT2D eigenvalue weighted by Gasteiger charge is -2.12. The van der Waals surface area contributed by atoms with Crippen molar-refractivity contribution in [2.45, 2.75) is 19.9 Å². The summed E-state index contributed by atoms with van der Waals surface area (Å²) in [6.45, 7) is 1.83. The highest BCUT2D eigenvalue weighted by Gasteiger charge is 2.35. The molecule has 1 aliphatic heterocycles. The lowest BCUT2D eigenvalue weighted by atomic mass is 10.1. The van der Waals surface area contributed by atoms with Crippen LogP contribution in [-0.4, -0.2) is 40.6 Å². The number of anilines is 1. The molecular formula is C28H25N3O7S. The number of hydrogen-bond donors (Lipinski definition) is 1. The lowest BCUT2D eigenvalue weighted by Crippen LogP contribution is -2.27. The third-order valence-electron chi connectivity index (χ3n) is 5.85. The number of ether oxygens (including phenoxy) is 2. The van der Waals surface area contributed by atoms with Crippen LogP contribution in [0, 0.1) is 10.1 Å². The molecule has 0 saturated carbocycles. The summed E-state index contributed by atoms with van der Waals surface area (Å²) in [7, 11) is 1.46. The van der Waals surface area contributed by atoms with E-state index in [4.69, 9.17) is 9.47 Å². The summed E-state index contributed by atoms with van der Waals surface area (Å²) in [6, 6.07) is 18.2. The molecule has 1 heterocycles. The molecule has 3 aromatic rings. The first kappa shape index (κ1) is 27.4. The maximum atomic E-state index is 12.9. The summed E-state index contributed by atoms with van der Waals surface area (Å²) in [5.74, 6) is -0.0928. The maximum absolute atomic E-state index is 12.9. The largest absolute Gasteiger partial charge is 0.493 e. The van der Waals surface area contributed by atoms with E-state index in [-0.39, 0.29) is 29.7 Å². The SMILES string of the molecule is CCc1ccc(NC(=O)COc2ccc(/C=C3\SC(=O)N(Cc4ccc([N+](=O)[O-])cc4)C3=O)cc2OC)cc1. The number of carbonyl (C=O) groups excluding carboxylic acids is 3. The number of aryl methyl sites for hydroxylation is 1. The van der Waals surface area contributed by atoms with E-state index >= 15 is 0 Å². The van der Waals surface area contributed by atoms with E-state index in [1.54, 1.807) is 24.3 Å². The quantitative estimate of drug-likeness (QED) is 0.202. The van der Waals surface area contributed by atoms with Gasteiger partial charge in [-0.05, 0) is 65.2 Å². The number of benzene rings is 3. The van der Waals surface area contributed by atoms with Gasteiger partial charge in [-0.15, -0.1) is 0 Å². The lowest BCUT2D eigenvalue weighted by molar-refractivity contribution is -0.384. The fourth-order valence-corrected chi connectivity index (χ4v) is 4.59. The summed E-state index contributed by atoms with van der Waals surface area (Å²) in [4.78, 5) is 49.3. The molecule has 1 aliphatic rings. The van der Waals surface area contributed by atoms with Gasteiger partial charge in [-0.3, -0.25) is 29.4 Å². The zero-order chi connectivity index (χ0) is 27.9. The summed E-state index contributed by atoms with van der Waals surface area (Å²) >= 11 is 0.804. The number of nitrogens with one attached hydrogen (secondary N) is 1. The molecule has 10 nitrogen and oxygen atoms in total. The second-order valence-electron chi connectivity index (χ2n) is 8.49. The van der Waals surface area contributed by atoms with Gasteiger partial charge in [-0.25, -0.2) is 0 Å². The number of nitrogens with zero attached hydrogens (tertiary/aromatic N) is 2. The second kappa shape index (κ2) is 12.3. The third kappa shape index (κ3) is 6.82. The van der Waals surface area contributed by atoms with Crippen LogP contribution in [0.25, 0.3) is 6.08 Å². The number of carbonyl (C=O) groups is 3. The summed E-state index contributed by atoms with van der Waals surface area (Å²) < 4.78 is 11.0. The van der Waals surface area contributed by atoms with Crippen molar-refractivity contribution in [2.24, 2.45) is 0 Å². The van der Waals surface area contributed by atoms with Gasteiger partial charge in [-0.2, -0.15) is 0 Å². The molecule has 1 N–H and O–H groups in total. The molecule has 0 bridgehead atoms. The van der Waals surface area contributed by atoms with Gasteiger partial charge in [-0.1, -0.05) is 37.3 Å². The summed E-state index contributed by atoms with van der Waals surface area (Å²) in [5, 5.41) is 13.2. The van der Waals surface area contributed by atoms with Crippen LogP contribution < -0.4 is 14.8 Å². The number of hydrogen-bond acceptors (Lipinski definition) is 8. The van der Waals surface area contributed by atoms with Crippen LogP contribution in [0.1, 0.15) is 23.6 Å². The Morgan fingerprint density at radius 3 is 2.36 bits per heavy atom. The summed E-state index contributed by atoms with van der Waals surface area (Å²) in [5.41, 5.74) is 2.96. The fourth-order valence-electron chi connectivity index (χ4n) is 3.75. The Hall–Kier alpha value is -4.64. The number of amides is 3. The molecule has 3 aromatic carbocycles. The van der Waals surface area contributed by atoms with Crippen LogP contribution in [0.4, 0.5) is 16.2 Å². The Bertz CT molecular complexity index is 1440. The number of rotatable bonds is 10. The van der Waals surface area contributed by atoms with Gasteiger partial charge in [0.1, 0.15) is 0 Å². The first-order valence-electron chi connectivity index (χ1n) is 12.0. The average molecular weight is 548 g/mol. The number of nitro groups is 1. The van der Waals surface area contributed by atoms with Crippen LogP contribution in [0.3, 0.4) is 0 Å². The van der Waals surface area contributed by atoms with Crippen LogP contribution in [0.15, 0.2) is 71.6 Å². The number of thioether (sulfide) groups is 1. The highest BCUT2D eigenvalue weighted by atomic mass is 32.2. The van der Waals surface area contributed by atoms with Gasteiger partial charge >= 0.3 is 0 Å². The molecule has 1 saturated heterocycles. The van der Waals surface area contributed by atoms with E-state index < -0.39 is 16.1 Å². The number of methoxy groups -OCH3 is 1. The number of nitro benzene ring substituents is 1. The average Bonchev–Trinajstić information content (AvgIpc) is 3.20. The molecule has 39 heavy (non-hydrogen) atoms. The van der Waals surface area contributed by atoms with E-state index in [1.165, 1.54) is 36.9 Å². The Balaban J connectivity index is 1.39. The minimum atomic E-state index is -0.516. The predicted molar refractivity (Wildman–Crippen MR) is 148 cm³/mol. The van der Waals surface area contributed by atoms with Gasteiger partial charge in [0, 0.05) is 17.8 Å². The monoisotopic (exact) mass is 547 g/mol. The Morgan fingerprint density at radius 2 is 1.72 bits per heavy atom. The van der Waals surface area contributed by atoms with Crippen molar-refractivity contribution in [1.29, 1.82) is 0 Å². The van der Waals surface area contributed by atoms with Crippen molar-refractivity contribution in [3.63, 3.8) is 0 Å². The molecule has 0 spiro atoms. The van der Waals surface area contributed by atoms with Crippen LogP contribution in [0.2, 0.25) is 0 Å². The molecule has 0 radical (unpaired) electrons. The van der Waals surface area contributed by atoms with Crippen molar-refractivity contribution in [3.8, 4) is 11.5 Å². The van der Waals surface area contributed by atoms with Gasteiger partial charge in [0.15, 0.2) is 18.1 Å². The van der Waals surface area contributed by atoms with Crippen molar-refractivity contribution >= 4 is 46.3 Å². The topological polar surface area (TPSA) is 128 Å². The van der Waals surface area contributed by atoms with Crippen molar-refractivity contribution in [3.05, 3.63) is 98.4 Å². The standard InChI is InChI=1S/C28H25N3O7S/c1-3-18-4-9-21(10-5-18)29-26(32)17-38-23-13-8-20(14-24(23)37-2)15-25-27(33)30(28(34)39-25)16-19-6-11-22(12-7-19)31(35)36/h4-15H,3,16-17H2,1-2H3,(H,29,32)/b25-15-. The van der Waals surface area contributed by atoms with Crippen LogP contribution >= 0.6 is 11.8 Å². The highest BCUT2D eigenvalue weighted by molar-refractivity contribution is 8.18. The molecule has 0 aromatic heterocycles. The number of non-ortho nitro benzene ring substituents is 1. The van der Waals surface area contributed by atoms with E-state index in [1.807, 2.05) is 24.3 Å². The van der Waals surface area contributed by atoms with Crippen LogP contribution in [0.5, 0.6) is 11.5 Å². The molecule has 3 amide bonds. The Kier molecular flexibility index (Phi) is 8.62. The predicted octanol–water partition coefficient (Wildman–Crippen LogP) is 5.42. The summed E-state index contributed by atoms with van der Waals surface area (Å²) in [6.07, 6.45) is 2.48. The first-order chi connectivity index (χ1) is 18.8. The number of imide groups is 1. The molecular weight excluding hydrogens is 522 g/mol. The van der Waals surface area contributed by atoms with Gasteiger partial charge < -0.3 is 14.8 Å². The van der Waals surface area contributed by atoms with Crippen molar-refractivity contribution in [1.82, 2.24) is 4.90 Å². The Labute approximate surface area is 228 Å². The highest BCUT2D eigenvalue weighted by Crippen LogP contribution is 2.35. The van der Waals surface area contributed by atoms with Gasteiger partial charge in [0.25, 0.3) is 22.7 Å².